The van der Waals surface area contributed by atoms with Crippen LogP contribution in [0.4, 0.5) is 5.69 Å². The molecule has 208 valence electrons. The number of anilines is 1. The molecule has 0 unspecified atom stereocenters. The standard InChI is InChI=1S/C30H33N5O5/c1-20(2)17-18-31-29(37)28(21-11-15-24(39-3)16-12-21)35(23-13-9-22(10-14-23)30(38)40-4)27(36)19-34-26-8-6-5-7-25(26)32-33-34/h5-16,20,28H,17-19H2,1-4H3,(H,31,37)/t28-/m1/s1. The highest BCUT2D eigenvalue weighted by Crippen LogP contribution is 2.30. The Balaban J connectivity index is 1.78. The molecule has 10 nitrogen and oxygen atoms in total. The third-order valence-electron chi connectivity index (χ3n) is 6.50. The number of hydrogen-bond donors (Lipinski definition) is 1. The van der Waals surface area contributed by atoms with E-state index in [1.807, 2.05) is 24.3 Å². The first kappa shape index (κ1) is 28.3. The molecule has 0 saturated carbocycles. The molecule has 4 rings (SSSR count). The number of amides is 2. The van der Waals surface area contributed by atoms with Gasteiger partial charge in [-0.2, -0.15) is 0 Å². The minimum atomic E-state index is -1.01. The molecular formula is C30H33N5O5. The van der Waals surface area contributed by atoms with Gasteiger partial charge in [0.15, 0.2) is 0 Å². The van der Waals surface area contributed by atoms with Crippen molar-refractivity contribution in [1.29, 1.82) is 0 Å². The van der Waals surface area contributed by atoms with E-state index in [2.05, 4.69) is 29.5 Å². The molecule has 4 aromatic rings. The molecular weight excluding hydrogens is 510 g/mol. The van der Waals surface area contributed by atoms with E-state index in [-0.39, 0.29) is 18.4 Å². The molecule has 0 aliphatic carbocycles. The van der Waals surface area contributed by atoms with E-state index in [0.717, 1.165) is 6.42 Å². The summed E-state index contributed by atoms with van der Waals surface area (Å²) in [5.41, 5.74) is 2.70. The summed E-state index contributed by atoms with van der Waals surface area (Å²) >= 11 is 0. The van der Waals surface area contributed by atoms with Crippen molar-refractivity contribution in [2.75, 3.05) is 25.7 Å². The first-order valence-corrected chi connectivity index (χ1v) is 13.0. The van der Waals surface area contributed by atoms with Crippen molar-refractivity contribution < 1.29 is 23.9 Å². The summed E-state index contributed by atoms with van der Waals surface area (Å²) < 4.78 is 11.6. The summed E-state index contributed by atoms with van der Waals surface area (Å²) in [5, 5.41) is 11.3. The number of nitrogens with zero attached hydrogens (tertiary/aromatic N) is 4. The zero-order valence-corrected chi connectivity index (χ0v) is 23.0. The molecule has 0 aliphatic heterocycles. The molecule has 0 bridgehead atoms. The van der Waals surface area contributed by atoms with Crippen LogP contribution in [0.25, 0.3) is 11.0 Å². The SMILES string of the molecule is COC(=O)c1ccc(N(C(=O)Cn2nnc3ccccc32)[C@@H](C(=O)NCCC(C)C)c2ccc(OC)cc2)cc1. The van der Waals surface area contributed by atoms with Crippen LogP contribution in [-0.2, 0) is 20.9 Å². The van der Waals surface area contributed by atoms with Gasteiger partial charge in [0.1, 0.15) is 23.9 Å². The summed E-state index contributed by atoms with van der Waals surface area (Å²) in [6, 6.07) is 19.7. The summed E-state index contributed by atoms with van der Waals surface area (Å²) in [7, 11) is 2.86. The fourth-order valence-corrected chi connectivity index (χ4v) is 4.34. The molecule has 1 N–H and O–H groups in total. The maximum atomic E-state index is 14.1. The van der Waals surface area contributed by atoms with Crippen LogP contribution >= 0.6 is 0 Å². The topological polar surface area (TPSA) is 116 Å². The number of benzene rings is 3. The second kappa shape index (κ2) is 12.9. The lowest BCUT2D eigenvalue weighted by molar-refractivity contribution is -0.127. The highest BCUT2D eigenvalue weighted by Gasteiger charge is 2.33. The number of nitrogens with one attached hydrogen (secondary N) is 1. The number of ether oxygens (including phenoxy) is 2. The van der Waals surface area contributed by atoms with Gasteiger partial charge < -0.3 is 14.8 Å². The third kappa shape index (κ3) is 6.45. The number of fused-ring (bicyclic) bond motifs is 1. The van der Waals surface area contributed by atoms with E-state index in [9.17, 15) is 14.4 Å². The Bertz CT molecular complexity index is 1460. The lowest BCUT2D eigenvalue weighted by Gasteiger charge is -2.32. The predicted octanol–water partition coefficient (Wildman–Crippen LogP) is 4.16. The molecule has 0 spiro atoms. The second-order valence-corrected chi connectivity index (χ2v) is 9.69. The average molecular weight is 544 g/mol. The monoisotopic (exact) mass is 543 g/mol. The third-order valence-corrected chi connectivity index (χ3v) is 6.50. The van der Waals surface area contributed by atoms with Crippen LogP contribution in [-0.4, -0.2) is 53.5 Å². The van der Waals surface area contributed by atoms with Crippen LogP contribution in [0.3, 0.4) is 0 Å². The summed E-state index contributed by atoms with van der Waals surface area (Å²) in [4.78, 5) is 41.4. The minimum absolute atomic E-state index is 0.162. The lowest BCUT2D eigenvalue weighted by Crippen LogP contribution is -2.45. The molecule has 2 amide bonds. The van der Waals surface area contributed by atoms with Crippen molar-refractivity contribution in [2.24, 2.45) is 5.92 Å². The van der Waals surface area contributed by atoms with Gasteiger partial charge in [-0.3, -0.25) is 14.5 Å². The van der Waals surface area contributed by atoms with Gasteiger partial charge in [-0.25, -0.2) is 9.48 Å². The molecule has 1 aromatic heterocycles. The van der Waals surface area contributed by atoms with Gasteiger partial charge in [-0.1, -0.05) is 43.3 Å². The van der Waals surface area contributed by atoms with Crippen LogP contribution in [0.1, 0.15) is 42.2 Å². The Morgan fingerprint density at radius 2 is 1.65 bits per heavy atom. The van der Waals surface area contributed by atoms with Crippen molar-refractivity contribution in [3.8, 4) is 5.75 Å². The molecule has 0 saturated heterocycles. The smallest absolute Gasteiger partial charge is 0.337 e. The van der Waals surface area contributed by atoms with Crippen LogP contribution < -0.4 is 15.0 Å². The Kier molecular flexibility index (Phi) is 9.11. The van der Waals surface area contributed by atoms with E-state index >= 15 is 0 Å². The van der Waals surface area contributed by atoms with Crippen LogP contribution in [0.2, 0.25) is 0 Å². The number of para-hydroxylation sites is 1. The fourth-order valence-electron chi connectivity index (χ4n) is 4.34. The van der Waals surface area contributed by atoms with E-state index in [1.54, 1.807) is 55.6 Å². The maximum absolute atomic E-state index is 14.1. The normalized spacial score (nSPS) is 11.7. The zero-order valence-electron chi connectivity index (χ0n) is 23.0. The quantitative estimate of drug-likeness (QED) is 0.282. The fraction of sp³-hybridized carbons (Fsp3) is 0.300. The van der Waals surface area contributed by atoms with Crippen LogP contribution in [0.15, 0.2) is 72.8 Å². The first-order valence-electron chi connectivity index (χ1n) is 13.0. The van der Waals surface area contributed by atoms with E-state index in [1.165, 1.54) is 16.7 Å². The van der Waals surface area contributed by atoms with Crippen LogP contribution in [0, 0.1) is 5.92 Å². The molecule has 1 atom stereocenters. The highest BCUT2D eigenvalue weighted by molar-refractivity contribution is 6.02. The van der Waals surface area contributed by atoms with Crippen molar-refractivity contribution in [2.45, 2.75) is 32.9 Å². The van der Waals surface area contributed by atoms with Gasteiger partial charge in [0, 0.05) is 12.2 Å². The Morgan fingerprint density at radius 3 is 2.30 bits per heavy atom. The predicted molar refractivity (Wildman–Crippen MR) is 151 cm³/mol. The number of carbonyl (C=O) groups is 3. The van der Waals surface area contributed by atoms with Gasteiger partial charge in [-0.15, -0.1) is 5.10 Å². The molecule has 1 heterocycles. The van der Waals surface area contributed by atoms with E-state index in [0.29, 0.717) is 46.1 Å². The summed E-state index contributed by atoms with van der Waals surface area (Å²) in [6.45, 7) is 4.45. The largest absolute Gasteiger partial charge is 0.497 e. The number of esters is 1. The number of carbonyl (C=O) groups excluding carboxylic acids is 3. The van der Waals surface area contributed by atoms with Gasteiger partial charge in [0.25, 0.3) is 0 Å². The van der Waals surface area contributed by atoms with E-state index in [4.69, 9.17) is 9.47 Å². The summed E-state index contributed by atoms with van der Waals surface area (Å²) in [5.74, 6) is -0.210. The first-order chi connectivity index (χ1) is 19.3. The molecule has 10 heteroatoms. The second-order valence-electron chi connectivity index (χ2n) is 9.69. The molecule has 0 radical (unpaired) electrons. The zero-order chi connectivity index (χ0) is 28.6. The molecule has 0 fully saturated rings. The highest BCUT2D eigenvalue weighted by atomic mass is 16.5. The lowest BCUT2D eigenvalue weighted by atomic mass is 10.0. The van der Waals surface area contributed by atoms with Crippen molar-refractivity contribution >= 4 is 34.5 Å². The molecule has 0 aliphatic rings. The molecule has 40 heavy (non-hydrogen) atoms. The van der Waals surface area contributed by atoms with E-state index < -0.39 is 12.0 Å². The van der Waals surface area contributed by atoms with Gasteiger partial charge >= 0.3 is 5.97 Å². The van der Waals surface area contributed by atoms with Gasteiger partial charge in [-0.05, 0) is 66.4 Å². The summed E-state index contributed by atoms with van der Waals surface area (Å²) in [6.07, 6.45) is 0.786. The van der Waals surface area contributed by atoms with Crippen molar-refractivity contribution in [1.82, 2.24) is 20.3 Å². The number of rotatable bonds is 11. The minimum Gasteiger partial charge on any atom is -0.497 e. The maximum Gasteiger partial charge on any atom is 0.337 e. The Labute approximate surface area is 232 Å². The van der Waals surface area contributed by atoms with Crippen molar-refractivity contribution in [3.05, 3.63) is 83.9 Å². The number of methoxy groups -OCH3 is 2. The Hall–Kier alpha value is -4.73. The van der Waals surface area contributed by atoms with Crippen LogP contribution in [0.5, 0.6) is 5.75 Å². The number of aromatic nitrogens is 3. The molecule has 3 aromatic carbocycles. The number of hydrogen-bond acceptors (Lipinski definition) is 7. The van der Waals surface area contributed by atoms with Gasteiger partial charge in [0.05, 0.1) is 25.3 Å². The van der Waals surface area contributed by atoms with Gasteiger partial charge in [0.2, 0.25) is 11.8 Å². The van der Waals surface area contributed by atoms with Crippen molar-refractivity contribution in [3.63, 3.8) is 0 Å². The Morgan fingerprint density at radius 1 is 0.950 bits per heavy atom. The average Bonchev–Trinajstić information content (AvgIpc) is 3.37.